The van der Waals surface area contributed by atoms with Crippen molar-refractivity contribution in [2.45, 2.75) is 56.4 Å². The minimum Gasteiger partial charge on any atom is -0.381 e. The SMILES string of the molecule is c1ccc(CCC2Nc3ccccc3C23CCCCC3)cc1. The molecule has 0 saturated heterocycles. The molecular weight excluding hydrogens is 266 g/mol. The van der Waals surface area contributed by atoms with Gasteiger partial charge in [-0.15, -0.1) is 0 Å². The zero-order valence-electron chi connectivity index (χ0n) is 13.2. The van der Waals surface area contributed by atoms with Crippen molar-refractivity contribution in [1.29, 1.82) is 0 Å². The topological polar surface area (TPSA) is 12.0 Å². The summed E-state index contributed by atoms with van der Waals surface area (Å²) in [6.07, 6.45) is 9.31. The highest BCUT2D eigenvalue weighted by Crippen LogP contribution is 2.51. The number of benzene rings is 2. The van der Waals surface area contributed by atoms with Gasteiger partial charge in [0, 0.05) is 17.1 Å². The van der Waals surface area contributed by atoms with E-state index in [-0.39, 0.29) is 0 Å². The van der Waals surface area contributed by atoms with Crippen molar-refractivity contribution >= 4 is 5.69 Å². The first-order chi connectivity index (χ1) is 10.9. The predicted molar refractivity (Wildman–Crippen MR) is 93.4 cm³/mol. The molecule has 1 fully saturated rings. The quantitative estimate of drug-likeness (QED) is 0.807. The van der Waals surface area contributed by atoms with Crippen LogP contribution in [0.5, 0.6) is 0 Å². The molecule has 1 heteroatoms. The van der Waals surface area contributed by atoms with E-state index in [2.05, 4.69) is 59.9 Å². The van der Waals surface area contributed by atoms with Crippen molar-refractivity contribution in [2.24, 2.45) is 0 Å². The van der Waals surface area contributed by atoms with Gasteiger partial charge >= 0.3 is 0 Å². The number of anilines is 1. The molecule has 2 aromatic carbocycles. The van der Waals surface area contributed by atoms with Crippen LogP contribution in [0.4, 0.5) is 5.69 Å². The first kappa shape index (κ1) is 13.9. The van der Waals surface area contributed by atoms with Gasteiger partial charge in [-0.2, -0.15) is 0 Å². The molecule has 0 bridgehead atoms. The van der Waals surface area contributed by atoms with Crippen LogP contribution >= 0.6 is 0 Å². The lowest BCUT2D eigenvalue weighted by molar-refractivity contribution is 0.260. The fourth-order valence-electron chi connectivity index (χ4n) is 4.66. The Morgan fingerprint density at radius 3 is 2.41 bits per heavy atom. The molecule has 1 N–H and O–H groups in total. The Labute approximate surface area is 133 Å². The van der Waals surface area contributed by atoms with Crippen LogP contribution in [0.2, 0.25) is 0 Å². The standard InChI is InChI=1S/C21H25N/c1-3-9-17(10-4-1)13-14-20-21(15-7-2-8-16-21)18-11-5-6-12-19(18)22-20/h1,3-6,9-12,20,22H,2,7-8,13-16H2. The largest absolute Gasteiger partial charge is 0.381 e. The molecule has 1 saturated carbocycles. The molecule has 22 heavy (non-hydrogen) atoms. The van der Waals surface area contributed by atoms with Gasteiger partial charge in [0.05, 0.1) is 0 Å². The van der Waals surface area contributed by atoms with Gasteiger partial charge in [-0.1, -0.05) is 67.8 Å². The van der Waals surface area contributed by atoms with Crippen LogP contribution in [0.1, 0.15) is 49.7 Å². The molecule has 1 atom stereocenters. The highest BCUT2D eigenvalue weighted by atomic mass is 15.0. The maximum absolute atomic E-state index is 3.87. The lowest BCUT2D eigenvalue weighted by Gasteiger charge is -2.39. The third-order valence-electron chi connectivity index (χ3n) is 5.77. The first-order valence-electron chi connectivity index (χ1n) is 8.78. The van der Waals surface area contributed by atoms with Crippen molar-refractivity contribution in [2.75, 3.05) is 5.32 Å². The Morgan fingerprint density at radius 2 is 1.59 bits per heavy atom. The molecule has 2 aromatic rings. The molecule has 114 valence electrons. The van der Waals surface area contributed by atoms with Crippen molar-refractivity contribution in [1.82, 2.24) is 0 Å². The van der Waals surface area contributed by atoms with E-state index in [1.165, 1.54) is 56.2 Å². The molecule has 0 radical (unpaired) electrons. The summed E-state index contributed by atoms with van der Waals surface area (Å²) in [5.74, 6) is 0. The summed E-state index contributed by atoms with van der Waals surface area (Å²) >= 11 is 0. The third-order valence-corrected chi connectivity index (χ3v) is 5.77. The van der Waals surface area contributed by atoms with Crippen LogP contribution < -0.4 is 5.32 Å². The molecular formula is C21H25N. The molecule has 1 aliphatic carbocycles. The maximum atomic E-state index is 3.87. The Bertz CT molecular complexity index is 625. The van der Waals surface area contributed by atoms with Crippen molar-refractivity contribution in [3.05, 3.63) is 65.7 Å². The van der Waals surface area contributed by atoms with Gasteiger partial charge in [-0.05, 0) is 42.9 Å². The third kappa shape index (κ3) is 2.33. The Kier molecular flexibility index (Phi) is 3.65. The molecule has 1 aliphatic heterocycles. The van der Waals surface area contributed by atoms with E-state index in [0.29, 0.717) is 11.5 Å². The van der Waals surface area contributed by atoms with Gasteiger partial charge in [0.1, 0.15) is 0 Å². The number of hydrogen-bond acceptors (Lipinski definition) is 1. The van der Waals surface area contributed by atoms with Crippen molar-refractivity contribution in [3.8, 4) is 0 Å². The minimum atomic E-state index is 0.392. The summed E-state index contributed by atoms with van der Waals surface area (Å²) in [5, 5.41) is 3.87. The summed E-state index contributed by atoms with van der Waals surface area (Å²) in [4.78, 5) is 0. The monoisotopic (exact) mass is 291 g/mol. The Morgan fingerprint density at radius 1 is 0.864 bits per heavy atom. The molecule has 2 aliphatic rings. The van der Waals surface area contributed by atoms with E-state index < -0.39 is 0 Å². The predicted octanol–water partition coefficient (Wildman–Crippen LogP) is 5.32. The lowest BCUT2D eigenvalue weighted by Crippen LogP contribution is -2.40. The second-order valence-corrected chi connectivity index (χ2v) is 6.98. The van der Waals surface area contributed by atoms with E-state index in [0.717, 1.165) is 0 Å². The zero-order valence-corrected chi connectivity index (χ0v) is 13.2. The van der Waals surface area contributed by atoms with Crippen molar-refractivity contribution < 1.29 is 0 Å². The van der Waals surface area contributed by atoms with Crippen LogP contribution in [0, 0.1) is 0 Å². The normalized spacial score (nSPS) is 22.3. The van der Waals surface area contributed by atoms with E-state index >= 15 is 0 Å². The molecule has 1 nitrogen and oxygen atoms in total. The average Bonchev–Trinajstić information content (AvgIpc) is 2.88. The Hall–Kier alpha value is -1.76. The van der Waals surface area contributed by atoms with Gasteiger partial charge < -0.3 is 5.32 Å². The minimum absolute atomic E-state index is 0.392. The second kappa shape index (κ2) is 5.79. The van der Waals surface area contributed by atoms with Gasteiger partial charge in [-0.3, -0.25) is 0 Å². The number of aryl methyl sites for hydroxylation is 1. The maximum Gasteiger partial charge on any atom is 0.0381 e. The van der Waals surface area contributed by atoms with Gasteiger partial charge in [-0.25, -0.2) is 0 Å². The van der Waals surface area contributed by atoms with Gasteiger partial charge in [0.25, 0.3) is 0 Å². The fraction of sp³-hybridized carbons (Fsp3) is 0.429. The summed E-state index contributed by atoms with van der Waals surface area (Å²) in [6.45, 7) is 0. The summed E-state index contributed by atoms with van der Waals surface area (Å²) in [5.41, 5.74) is 4.84. The summed E-state index contributed by atoms with van der Waals surface area (Å²) in [6, 6.07) is 20.6. The number of para-hydroxylation sites is 1. The van der Waals surface area contributed by atoms with Crippen molar-refractivity contribution in [3.63, 3.8) is 0 Å². The molecule has 1 heterocycles. The van der Waals surface area contributed by atoms with Gasteiger partial charge in [0.2, 0.25) is 0 Å². The number of hydrogen-bond donors (Lipinski definition) is 1. The summed E-state index contributed by atoms with van der Waals surface area (Å²) in [7, 11) is 0. The molecule has 0 amide bonds. The van der Waals surface area contributed by atoms with Crippen LogP contribution in [0.3, 0.4) is 0 Å². The van der Waals surface area contributed by atoms with Crippen LogP contribution in [-0.4, -0.2) is 6.04 Å². The smallest absolute Gasteiger partial charge is 0.0381 e. The first-order valence-corrected chi connectivity index (χ1v) is 8.78. The zero-order chi connectivity index (χ0) is 14.8. The van der Waals surface area contributed by atoms with Crippen LogP contribution in [0.15, 0.2) is 54.6 Å². The average molecular weight is 291 g/mol. The highest BCUT2D eigenvalue weighted by molar-refractivity contribution is 5.62. The number of rotatable bonds is 3. The second-order valence-electron chi connectivity index (χ2n) is 6.98. The molecule has 1 spiro atoms. The number of fused-ring (bicyclic) bond motifs is 2. The van der Waals surface area contributed by atoms with Gasteiger partial charge in [0.15, 0.2) is 0 Å². The van der Waals surface area contributed by atoms with Crippen LogP contribution in [-0.2, 0) is 11.8 Å². The van der Waals surface area contributed by atoms with E-state index in [9.17, 15) is 0 Å². The highest BCUT2D eigenvalue weighted by Gasteiger charge is 2.46. The molecule has 0 aromatic heterocycles. The fourth-order valence-corrected chi connectivity index (χ4v) is 4.66. The summed E-state index contributed by atoms with van der Waals surface area (Å²) < 4.78 is 0. The van der Waals surface area contributed by atoms with E-state index in [1.807, 2.05) is 0 Å². The molecule has 4 rings (SSSR count). The van der Waals surface area contributed by atoms with E-state index in [1.54, 1.807) is 5.56 Å². The lowest BCUT2D eigenvalue weighted by atomic mass is 9.65. The Balaban J connectivity index is 1.59. The number of nitrogens with one attached hydrogen (secondary N) is 1. The molecule has 1 unspecified atom stereocenters. The van der Waals surface area contributed by atoms with E-state index in [4.69, 9.17) is 0 Å². The van der Waals surface area contributed by atoms with Crippen LogP contribution in [0.25, 0.3) is 0 Å².